The van der Waals surface area contributed by atoms with Crippen LogP contribution in [-0.4, -0.2) is 17.3 Å². The van der Waals surface area contributed by atoms with Crippen molar-refractivity contribution < 1.29 is 14.7 Å². The van der Waals surface area contributed by atoms with Crippen LogP contribution < -0.4 is 10.6 Å². The molecule has 0 aromatic heterocycles. The van der Waals surface area contributed by atoms with Crippen molar-refractivity contribution in [2.45, 2.75) is 27.7 Å². The molecule has 0 amide bonds. The molecule has 0 unspecified atom stereocenters. The van der Waals surface area contributed by atoms with E-state index in [1.165, 1.54) is 0 Å². The van der Waals surface area contributed by atoms with Crippen LogP contribution >= 0.6 is 7.28 Å². The zero-order valence-electron chi connectivity index (χ0n) is 16.9. The van der Waals surface area contributed by atoms with Gasteiger partial charge < -0.3 is 14.7 Å². The summed E-state index contributed by atoms with van der Waals surface area (Å²) in [6, 6.07) is 17.2. The van der Waals surface area contributed by atoms with E-state index in [1.807, 2.05) is 82.3 Å². The third-order valence-electron chi connectivity index (χ3n) is 4.78. The van der Waals surface area contributed by atoms with Gasteiger partial charge in [0.1, 0.15) is 11.5 Å². The van der Waals surface area contributed by atoms with Gasteiger partial charge in [0.05, 0.1) is 16.3 Å². The summed E-state index contributed by atoms with van der Waals surface area (Å²) < 4.78 is 11.1. The number of aromatic hydroxyl groups is 2. The van der Waals surface area contributed by atoms with E-state index in [0.29, 0.717) is 10.6 Å². The van der Waals surface area contributed by atoms with Crippen molar-refractivity contribution in [1.82, 2.24) is 0 Å². The molecule has 2 N–H and O–H groups in total. The summed E-state index contributed by atoms with van der Waals surface area (Å²) in [5.74, 6) is 0.304. The molecule has 3 rings (SSSR count). The smallest absolute Gasteiger partial charge is 0.155 e. The number of hydrogen-bond donors (Lipinski definition) is 2. The van der Waals surface area contributed by atoms with Crippen molar-refractivity contribution in [2.24, 2.45) is 4.74 Å². The maximum Gasteiger partial charge on any atom is 0.155 e. The fourth-order valence-electron chi connectivity index (χ4n) is 3.47. The van der Waals surface area contributed by atoms with Gasteiger partial charge in [-0.1, -0.05) is 30.3 Å². The minimum atomic E-state index is -2.96. The first-order chi connectivity index (χ1) is 13.3. The molecule has 3 aromatic rings. The average molecular weight is 395 g/mol. The van der Waals surface area contributed by atoms with Gasteiger partial charge >= 0.3 is 0 Å². The molecular weight excluding hydrogens is 369 g/mol. The number of hydrogen-bond acceptors (Lipinski definition) is 4. The van der Waals surface area contributed by atoms with Crippen molar-refractivity contribution in [3.8, 4) is 11.5 Å². The van der Waals surface area contributed by atoms with Crippen molar-refractivity contribution in [2.75, 3.05) is 7.11 Å². The minimum absolute atomic E-state index is 0.152. The lowest BCUT2D eigenvalue weighted by Gasteiger charge is -2.27. The first-order valence-corrected chi connectivity index (χ1v) is 10.8. The molecule has 5 heteroatoms. The third-order valence-corrected chi connectivity index (χ3v) is 7.81. The van der Waals surface area contributed by atoms with Crippen LogP contribution in [0.25, 0.3) is 0 Å². The molecule has 3 aromatic carbocycles. The number of phenols is 2. The van der Waals surface area contributed by atoms with Crippen molar-refractivity contribution >= 4 is 23.6 Å². The van der Waals surface area contributed by atoms with Gasteiger partial charge in [0.2, 0.25) is 0 Å². The molecule has 0 radical (unpaired) electrons. The monoisotopic (exact) mass is 395 g/mol. The second kappa shape index (κ2) is 7.83. The molecule has 0 aliphatic rings. The van der Waals surface area contributed by atoms with Gasteiger partial charge in [0.25, 0.3) is 0 Å². The maximum absolute atomic E-state index is 11.0. The van der Waals surface area contributed by atoms with Crippen LogP contribution in [0.1, 0.15) is 22.3 Å². The van der Waals surface area contributed by atoms with E-state index >= 15 is 0 Å². The van der Waals surface area contributed by atoms with Crippen LogP contribution in [0.15, 0.2) is 59.3 Å². The molecule has 0 aliphatic carbocycles. The standard InChI is InChI=1S/C23H26NO3P/c1-15-11-17(3)22(25)20(13-15)28(27-5,24-19-9-7-6-8-10-19)21-14-16(2)12-18(4)23(21)26/h6-14,25-26H,1-5H3. The molecule has 28 heavy (non-hydrogen) atoms. The molecular formula is C23H26NO3P. The summed E-state index contributed by atoms with van der Waals surface area (Å²) in [4.78, 5) is 0. The number of rotatable bonds is 4. The largest absolute Gasteiger partial charge is 0.507 e. The van der Waals surface area contributed by atoms with Gasteiger partial charge in [-0.3, -0.25) is 0 Å². The molecule has 0 saturated heterocycles. The predicted octanol–water partition coefficient (Wildman–Crippen LogP) is 5.38. The number of aryl methyl sites for hydroxylation is 4. The van der Waals surface area contributed by atoms with E-state index < -0.39 is 7.28 Å². The van der Waals surface area contributed by atoms with Crippen molar-refractivity contribution in [3.63, 3.8) is 0 Å². The fourth-order valence-corrected chi connectivity index (χ4v) is 6.56. The Labute approximate surface area is 166 Å². The predicted molar refractivity (Wildman–Crippen MR) is 117 cm³/mol. The van der Waals surface area contributed by atoms with E-state index in [0.717, 1.165) is 27.9 Å². The van der Waals surface area contributed by atoms with Crippen molar-refractivity contribution in [1.29, 1.82) is 0 Å². The topological polar surface area (TPSA) is 62.0 Å². The van der Waals surface area contributed by atoms with E-state index in [-0.39, 0.29) is 11.5 Å². The summed E-state index contributed by atoms with van der Waals surface area (Å²) in [6.07, 6.45) is 0. The Bertz CT molecular complexity index is 1010. The lowest BCUT2D eigenvalue weighted by molar-refractivity contribution is 0.452. The van der Waals surface area contributed by atoms with Crippen LogP contribution in [0.5, 0.6) is 11.5 Å². The average Bonchev–Trinajstić information content (AvgIpc) is 2.66. The van der Waals surface area contributed by atoms with Crippen LogP contribution in [0.2, 0.25) is 0 Å². The second-order valence-corrected chi connectivity index (χ2v) is 9.77. The lowest BCUT2D eigenvalue weighted by Crippen LogP contribution is -2.20. The van der Waals surface area contributed by atoms with Crippen LogP contribution in [-0.2, 0) is 4.52 Å². The van der Waals surface area contributed by atoms with Gasteiger partial charge in [0, 0.05) is 7.11 Å². The Morgan fingerprint density at radius 1 is 0.750 bits per heavy atom. The van der Waals surface area contributed by atoms with Crippen LogP contribution in [0.3, 0.4) is 0 Å². The number of phenolic OH excluding ortho intramolecular Hbond substituents is 2. The summed E-state index contributed by atoms with van der Waals surface area (Å²) >= 11 is 0. The van der Waals surface area contributed by atoms with Crippen LogP contribution in [0.4, 0.5) is 5.69 Å². The van der Waals surface area contributed by atoms with Gasteiger partial charge in [-0.2, -0.15) is 0 Å². The number of nitrogens with zero attached hydrogens (tertiary/aromatic N) is 1. The van der Waals surface area contributed by atoms with Gasteiger partial charge in [-0.05, 0) is 74.2 Å². The zero-order valence-corrected chi connectivity index (χ0v) is 17.8. The van der Waals surface area contributed by atoms with E-state index in [1.54, 1.807) is 7.11 Å². The molecule has 0 aliphatic heterocycles. The SMILES string of the molecule is COP(=Nc1ccccc1)(c1cc(C)cc(C)c1O)c1cc(C)cc(C)c1O. The molecule has 0 fully saturated rings. The van der Waals surface area contributed by atoms with Crippen molar-refractivity contribution in [3.05, 3.63) is 76.9 Å². The molecule has 4 nitrogen and oxygen atoms in total. The normalized spacial score (nSPS) is 11.5. The summed E-state index contributed by atoms with van der Waals surface area (Å²) in [7, 11) is -1.37. The Morgan fingerprint density at radius 2 is 1.21 bits per heavy atom. The second-order valence-electron chi connectivity index (χ2n) is 7.09. The van der Waals surface area contributed by atoms with E-state index in [9.17, 15) is 10.2 Å². The summed E-state index contributed by atoms with van der Waals surface area (Å²) in [6.45, 7) is 7.67. The Kier molecular flexibility index (Phi) is 5.64. The lowest BCUT2D eigenvalue weighted by atomic mass is 10.1. The highest BCUT2D eigenvalue weighted by atomic mass is 31.2. The molecule has 0 spiro atoms. The van der Waals surface area contributed by atoms with Crippen LogP contribution in [0, 0.1) is 27.7 Å². The summed E-state index contributed by atoms with van der Waals surface area (Å²) in [5, 5.41) is 23.1. The molecule has 0 atom stereocenters. The Morgan fingerprint density at radius 3 is 1.64 bits per heavy atom. The first kappa shape index (κ1) is 20.2. The zero-order chi connectivity index (χ0) is 20.5. The van der Waals surface area contributed by atoms with E-state index in [2.05, 4.69) is 0 Å². The number of benzene rings is 3. The highest BCUT2D eigenvalue weighted by Gasteiger charge is 2.32. The minimum Gasteiger partial charge on any atom is -0.507 e. The first-order valence-electron chi connectivity index (χ1n) is 9.13. The highest BCUT2D eigenvalue weighted by molar-refractivity contribution is 7.77. The van der Waals surface area contributed by atoms with E-state index in [4.69, 9.17) is 9.27 Å². The Hall–Kier alpha value is -2.55. The molecule has 146 valence electrons. The van der Waals surface area contributed by atoms with Gasteiger partial charge in [-0.25, -0.2) is 4.74 Å². The van der Waals surface area contributed by atoms with Gasteiger partial charge in [0.15, 0.2) is 7.28 Å². The molecule has 0 saturated carbocycles. The maximum atomic E-state index is 11.0. The Balaban J connectivity index is 2.51. The third kappa shape index (κ3) is 3.58. The molecule has 0 heterocycles. The molecule has 0 bridgehead atoms. The highest BCUT2D eigenvalue weighted by Crippen LogP contribution is 2.55. The quantitative estimate of drug-likeness (QED) is 0.583. The summed E-state index contributed by atoms with van der Waals surface area (Å²) in [5.41, 5.74) is 4.24. The fraction of sp³-hybridized carbons (Fsp3) is 0.217. The van der Waals surface area contributed by atoms with Gasteiger partial charge in [-0.15, -0.1) is 0 Å².